The number of nitrogens with zero attached hydrogens (tertiary/aromatic N) is 2. The van der Waals surface area contributed by atoms with Crippen molar-refractivity contribution in [3.63, 3.8) is 0 Å². The molecule has 4 rings (SSSR count). The molecule has 0 unspecified atom stereocenters. The van der Waals surface area contributed by atoms with Gasteiger partial charge in [-0.15, -0.1) is 0 Å². The molecule has 6 nitrogen and oxygen atoms in total. The highest BCUT2D eigenvalue weighted by molar-refractivity contribution is 5.79. The molecule has 0 aliphatic carbocycles. The van der Waals surface area contributed by atoms with Crippen LogP contribution in [0.5, 0.6) is 5.75 Å². The lowest BCUT2D eigenvalue weighted by molar-refractivity contribution is -0.182. The van der Waals surface area contributed by atoms with Gasteiger partial charge in [-0.3, -0.25) is 4.79 Å². The summed E-state index contributed by atoms with van der Waals surface area (Å²) in [7, 11) is 0. The second-order valence-corrected chi connectivity index (χ2v) is 10.9. The van der Waals surface area contributed by atoms with Gasteiger partial charge in [-0.25, -0.2) is 0 Å². The number of ether oxygens (including phenoxy) is 3. The van der Waals surface area contributed by atoms with Crippen LogP contribution in [0.4, 0.5) is 0 Å². The molecule has 0 saturated carbocycles. The highest BCUT2D eigenvalue weighted by Crippen LogP contribution is 2.22. The van der Waals surface area contributed by atoms with Gasteiger partial charge >= 0.3 is 0 Å². The fourth-order valence-corrected chi connectivity index (χ4v) is 5.00. The van der Waals surface area contributed by atoms with Crippen molar-refractivity contribution in [1.29, 1.82) is 0 Å². The summed E-state index contributed by atoms with van der Waals surface area (Å²) in [5.41, 5.74) is 3.45. The first-order chi connectivity index (χ1) is 18.0. The van der Waals surface area contributed by atoms with Gasteiger partial charge in [0.25, 0.3) is 0 Å². The van der Waals surface area contributed by atoms with Gasteiger partial charge in [0.15, 0.2) is 6.29 Å². The van der Waals surface area contributed by atoms with Crippen LogP contribution in [-0.4, -0.2) is 67.5 Å². The van der Waals surface area contributed by atoms with Crippen LogP contribution >= 0.6 is 0 Å². The molecule has 2 aromatic rings. The summed E-state index contributed by atoms with van der Waals surface area (Å²) in [4.78, 5) is 18.3. The van der Waals surface area contributed by atoms with Gasteiger partial charge < -0.3 is 24.0 Å². The van der Waals surface area contributed by atoms with Crippen molar-refractivity contribution in [2.24, 2.45) is 5.92 Å². The van der Waals surface area contributed by atoms with Crippen LogP contribution in [0.25, 0.3) is 0 Å². The molecule has 0 radical (unpaired) electrons. The maximum absolute atomic E-state index is 13.6. The maximum atomic E-state index is 13.6. The highest BCUT2D eigenvalue weighted by atomic mass is 16.7. The quantitative estimate of drug-likeness (QED) is 0.417. The molecule has 2 aliphatic rings. The first kappa shape index (κ1) is 27.6. The van der Waals surface area contributed by atoms with Crippen molar-refractivity contribution >= 4 is 5.91 Å². The number of carbonyl (C=O) groups is 1. The Bertz CT molecular complexity index is 946. The monoisotopic (exact) mass is 508 g/mol. The van der Waals surface area contributed by atoms with E-state index in [0.717, 1.165) is 69.8 Å². The van der Waals surface area contributed by atoms with Gasteiger partial charge in [0.05, 0.1) is 26.2 Å². The lowest BCUT2D eigenvalue weighted by atomic mass is 10.00. The van der Waals surface area contributed by atoms with Gasteiger partial charge in [-0.2, -0.15) is 0 Å². The van der Waals surface area contributed by atoms with Crippen LogP contribution in [0.3, 0.4) is 0 Å². The molecule has 2 saturated heterocycles. The Morgan fingerprint density at radius 1 is 1.00 bits per heavy atom. The first-order valence-corrected chi connectivity index (χ1v) is 14.0. The molecule has 0 atom stereocenters. The van der Waals surface area contributed by atoms with Crippen molar-refractivity contribution < 1.29 is 19.0 Å². The number of likely N-dealkylation sites (tertiary alicyclic amines) is 1. The van der Waals surface area contributed by atoms with E-state index in [0.29, 0.717) is 25.5 Å². The van der Waals surface area contributed by atoms with E-state index in [1.54, 1.807) is 0 Å². The third kappa shape index (κ3) is 8.84. The van der Waals surface area contributed by atoms with E-state index < -0.39 is 0 Å². The number of carbonyl (C=O) groups excluding carboxylic acids is 1. The molecule has 2 aliphatic heterocycles. The standard InChI is InChI=1S/C31H44N2O4/c1-24(2)23-37-29-11-9-26(10-12-29)21-30(34)33(22-27-7-5-25(3)6-8-27)28-13-16-32(17-14-28)18-15-31-35-19-4-20-36-31/h5-12,24,28,31H,4,13-23H2,1-3H3. The second-order valence-electron chi connectivity index (χ2n) is 10.9. The van der Waals surface area contributed by atoms with Crippen LogP contribution in [-0.2, 0) is 27.2 Å². The Morgan fingerprint density at radius 3 is 2.30 bits per heavy atom. The largest absolute Gasteiger partial charge is 0.493 e. The van der Waals surface area contributed by atoms with Gasteiger partial charge in [0, 0.05) is 38.6 Å². The third-order valence-electron chi connectivity index (χ3n) is 7.23. The molecule has 1 amide bonds. The molecule has 202 valence electrons. The summed E-state index contributed by atoms with van der Waals surface area (Å²) in [5.74, 6) is 1.54. The lowest BCUT2D eigenvalue weighted by Crippen LogP contribution is -2.48. The fraction of sp³-hybridized carbons (Fsp3) is 0.581. The topological polar surface area (TPSA) is 51.2 Å². The highest BCUT2D eigenvalue weighted by Gasteiger charge is 2.28. The van der Waals surface area contributed by atoms with E-state index in [4.69, 9.17) is 14.2 Å². The van der Waals surface area contributed by atoms with Crippen molar-refractivity contribution in [2.45, 2.75) is 71.8 Å². The Kier molecular flexibility index (Phi) is 10.4. The van der Waals surface area contributed by atoms with Gasteiger partial charge in [0.2, 0.25) is 5.91 Å². The number of rotatable bonds is 11. The number of amides is 1. The molecule has 2 heterocycles. The molecule has 37 heavy (non-hydrogen) atoms. The zero-order chi connectivity index (χ0) is 26.0. The first-order valence-electron chi connectivity index (χ1n) is 14.0. The van der Waals surface area contributed by atoms with E-state index in [1.165, 1.54) is 11.1 Å². The maximum Gasteiger partial charge on any atom is 0.227 e. The molecule has 0 spiro atoms. The van der Waals surface area contributed by atoms with Crippen molar-refractivity contribution in [3.8, 4) is 5.75 Å². The summed E-state index contributed by atoms with van der Waals surface area (Å²) < 4.78 is 17.2. The van der Waals surface area contributed by atoms with Crippen LogP contribution < -0.4 is 4.74 Å². The summed E-state index contributed by atoms with van der Waals surface area (Å²) in [6.45, 7) is 12.3. The Morgan fingerprint density at radius 2 is 1.65 bits per heavy atom. The van der Waals surface area contributed by atoms with E-state index in [-0.39, 0.29) is 18.2 Å². The minimum Gasteiger partial charge on any atom is -0.493 e. The van der Waals surface area contributed by atoms with Crippen molar-refractivity contribution in [3.05, 3.63) is 65.2 Å². The van der Waals surface area contributed by atoms with Crippen molar-refractivity contribution in [1.82, 2.24) is 9.80 Å². The normalized spacial score (nSPS) is 17.7. The zero-order valence-corrected chi connectivity index (χ0v) is 22.9. The van der Waals surface area contributed by atoms with Crippen LogP contribution in [0.15, 0.2) is 48.5 Å². The van der Waals surface area contributed by atoms with Crippen molar-refractivity contribution in [2.75, 3.05) is 39.5 Å². The molecule has 6 heteroatoms. The number of benzene rings is 2. The van der Waals surface area contributed by atoms with E-state index >= 15 is 0 Å². The van der Waals surface area contributed by atoms with Gasteiger partial charge in [0.1, 0.15) is 5.75 Å². The molecule has 2 aromatic carbocycles. The van der Waals surface area contributed by atoms with E-state index in [1.807, 2.05) is 24.3 Å². The number of hydrogen-bond donors (Lipinski definition) is 0. The molecular weight excluding hydrogens is 464 g/mol. The smallest absolute Gasteiger partial charge is 0.227 e. The Labute approximate surface area is 222 Å². The molecular formula is C31H44N2O4. The predicted molar refractivity (Wildman–Crippen MR) is 147 cm³/mol. The SMILES string of the molecule is Cc1ccc(CN(C(=O)Cc2ccc(OCC(C)C)cc2)C2CCN(CCC3OCCCO3)CC2)cc1. The number of aryl methyl sites for hydroxylation is 1. The Balaban J connectivity index is 1.35. The summed E-state index contributed by atoms with van der Waals surface area (Å²) >= 11 is 0. The molecule has 2 fully saturated rings. The van der Waals surface area contributed by atoms with E-state index in [9.17, 15) is 4.79 Å². The van der Waals surface area contributed by atoms with Crippen LogP contribution in [0, 0.1) is 12.8 Å². The lowest BCUT2D eigenvalue weighted by Gasteiger charge is -2.39. The zero-order valence-electron chi connectivity index (χ0n) is 22.9. The molecule has 0 bridgehead atoms. The van der Waals surface area contributed by atoms with Gasteiger partial charge in [-0.1, -0.05) is 55.8 Å². The minimum atomic E-state index is -0.0618. The van der Waals surface area contributed by atoms with Crippen LogP contribution in [0.1, 0.15) is 56.2 Å². The number of piperidine rings is 1. The minimum absolute atomic E-state index is 0.0618. The molecule has 0 N–H and O–H groups in total. The summed E-state index contributed by atoms with van der Waals surface area (Å²) in [6, 6.07) is 16.8. The fourth-order valence-electron chi connectivity index (χ4n) is 5.00. The average molecular weight is 509 g/mol. The average Bonchev–Trinajstić information content (AvgIpc) is 2.92. The predicted octanol–water partition coefficient (Wildman–Crippen LogP) is 5.22. The summed E-state index contributed by atoms with van der Waals surface area (Å²) in [6.07, 6.45) is 4.23. The number of hydrogen-bond acceptors (Lipinski definition) is 5. The third-order valence-corrected chi connectivity index (χ3v) is 7.23. The summed E-state index contributed by atoms with van der Waals surface area (Å²) in [5, 5.41) is 0. The molecule has 0 aromatic heterocycles. The Hall–Kier alpha value is -2.41. The van der Waals surface area contributed by atoms with Gasteiger partial charge in [-0.05, 0) is 55.4 Å². The van der Waals surface area contributed by atoms with Crippen LogP contribution in [0.2, 0.25) is 0 Å². The van der Waals surface area contributed by atoms with E-state index in [2.05, 4.69) is 54.8 Å². The second kappa shape index (κ2) is 13.9.